The average Bonchev–Trinajstić information content (AvgIpc) is 2.90. The van der Waals surface area contributed by atoms with E-state index in [0.29, 0.717) is 22.2 Å². The van der Waals surface area contributed by atoms with Gasteiger partial charge in [0.2, 0.25) is 0 Å². The summed E-state index contributed by atoms with van der Waals surface area (Å²) in [5, 5.41) is 3.59. The van der Waals surface area contributed by atoms with Crippen LogP contribution in [-0.2, 0) is 6.54 Å². The SMILES string of the molecule is O=C(NCc1cn2ccccc2n1)c1ccc(Cl)c(Cl)c1. The van der Waals surface area contributed by atoms with Gasteiger partial charge in [-0.05, 0) is 30.3 Å². The van der Waals surface area contributed by atoms with Crippen LogP contribution in [0.5, 0.6) is 0 Å². The fourth-order valence-corrected chi connectivity index (χ4v) is 2.28. The zero-order valence-corrected chi connectivity index (χ0v) is 12.4. The molecule has 0 aliphatic heterocycles. The summed E-state index contributed by atoms with van der Waals surface area (Å²) in [6, 6.07) is 10.5. The molecule has 21 heavy (non-hydrogen) atoms. The number of imidazole rings is 1. The second kappa shape index (κ2) is 5.76. The second-order valence-corrected chi connectivity index (χ2v) is 5.32. The summed E-state index contributed by atoms with van der Waals surface area (Å²) in [6.07, 6.45) is 3.79. The molecule has 0 saturated heterocycles. The number of fused-ring (bicyclic) bond motifs is 1. The molecule has 1 N–H and O–H groups in total. The highest BCUT2D eigenvalue weighted by molar-refractivity contribution is 6.42. The number of carbonyl (C=O) groups excluding carboxylic acids is 1. The molecule has 0 fully saturated rings. The Bertz CT molecular complexity index is 781. The number of amides is 1. The number of nitrogens with zero attached hydrogens (tertiary/aromatic N) is 2. The minimum atomic E-state index is -0.217. The third-order valence-corrected chi connectivity index (χ3v) is 3.76. The molecular weight excluding hydrogens is 309 g/mol. The van der Waals surface area contributed by atoms with E-state index in [9.17, 15) is 4.79 Å². The number of halogens is 2. The van der Waals surface area contributed by atoms with E-state index >= 15 is 0 Å². The van der Waals surface area contributed by atoms with Gasteiger partial charge in [0.05, 0.1) is 22.3 Å². The van der Waals surface area contributed by atoms with Gasteiger partial charge in [-0.2, -0.15) is 0 Å². The smallest absolute Gasteiger partial charge is 0.251 e. The molecule has 3 aromatic rings. The Kier molecular flexibility index (Phi) is 3.82. The van der Waals surface area contributed by atoms with Gasteiger partial charge < -0.3 is 9.72 Å². The van der Waals surface area contributed by atoms with E-state index in [0.717, 1.165) is 11.3 Å². The van der Waals surface area contributed by atoms with Crippen LogP contribution in [0.15, 0.2) is 48.8 Å². The molecule has 0 saturated carbocycles. The lowest BCUT2D eigenvalue weighted by Crippen LogP contribution is -2.22. The predicted octanol–water partition coefficient (Wildman–Crippen LogP) is 3.57. The summed E-state index contributed by atoms with van der Waals surface area (Å²) < 4.78 is 1.90. The van der Waals surface area contributed by atoms with Crippen molar-refractivity contribution in [2.45, 2.75) is 6.54 Å². The summed E-state index contributed by atoms with van der Waals surface area (Å²) in [7, 11) is 0. The molecule has 2 aromatic heterocycles. The van der Waals surface area contributed by atoms with Gasteiger partial charge in [0.1, 0.15) is 5.65 Å². The molecule has 106 valence electrons. The van der Waals surface area contributed by atoms with E-state index in [-0.39, 0.29) is 5.91 Å². The maximum Gasteiger partial charge on any atom is 0.251 e. The Morgan fingerprint density at radius 1 is 1.19 bits per heavy atom. The molecule has 2 heterocycles. The molecule has 0 radical (unpaired) electrons. The van der Waals surface area contributed by atoms with E-state index < -0.39 is 0 Å². The molecule has 0 aliphatic rings. The number of hydrogen-bond acceptors (Lipinski definition) is 2. The molecule has 0 atom stereocenters. The van der Waals surface area contributed by atoms with Crippen LogP contribution < -0.4 is 5.32 Å². The zero-order chi connectivity index (χ0) is 14.8. The number of benzene rings is 1. The minimum absolute atomic E-state index is 0.217. The molecule has 0 aliphatic carbocycles. The van der Waals surface area contributed by atoms with Crippen molar-refractivity contribution >= 4 is 34.8 Å². The molecule has 6 heteroatoms. The quantitative estimate of drug-likeness (QED) is 0.802. The van der Waals surface area contributed by atoms with Crippen molar-refractivity contribution in [3.8, 4) is 0 Å². The first-order valence-corrected chi connectivity index (χ1v) is 7.05. The van der Waals surface area contributed by atoms with Crippen molar-refractivity contribution in [1.29, 1.82) is 0 Å². The summed E-state index contributed by atoms with van der Waals surface area (Å²) in [5.74, 6) is -0.217. The van der Waals surface area contributed by atoms with Crippen LogP contribution in [0.3, 0.4) is 0 Å². The zero-order valence-electron chi connectivity index (χ0n) is 10.9. The van der Waals surface area contributed by atoms with Crippen LogP contribution in [0.2, 0.25) is 10.0 Å². The number of aromatic nitrogens is 2. The molecule has 0 spiro atoms. The highest BCUT2D eigenvalue weighted by Crippen LogP contribution is 2.22. The van der Waals surface area contributed by atoms with Crippen molar-refractivity contribution in [2.24, 2.45) is 0 Å². The van der Waals surface area contributed by atoms with Gasteiger partial charge >= 0.3 is 0 Å². The normalized spacial score (nSPS) is 10.8. The van der Waals surface area contributed by atoms with Crippen molar-refractivity contribution in [1.82, 2.24) is 14.7 Å². The highest BCUT2D eigenvalue weighted by Gasteiger charge is 2.09. The van der Waals surface area contributed by atoms with Gasteiger partial charge in [-0.15, -0.1) is 0 Å². The summed E-state index contributed by atoms with van der Waals surface area (Å²) in [6.45, 7) is 0.348. The van der Waals surface area contributed by atoms with Crippen LogP contribution >= 0.6 is 23.2 Å². The fourth-order valence-electron chi connectivity index (χ4n) is 1.98. The number of hydrogen-bond donors (Lipinski definition) is 1. The van der Waals surface area contributed by atoms with Crippen molar-refractivity contribution in [3.05, 3.63) is 70.1 Å². The molecule has 0 bridgehead atoms. The number of carbonyl (C=O) groups is 1. The van der Waals surface area contributed by atoms with E-state index in [4.69, 9.17) is 23.2 Å². The van der Waals surface area contributed by atoms with Crippen LogP contribution in [-0.4, -0.2) is 15.3 Å². The number of pyridine rings is 1. The van der Waals surface area contributed by atoms with Crippen LogP contribution in [0.25, 0.3) is 5.65 Å². The third-order valence-electron chi connectivity index (χ3n) is 3.03. The van der Waals surface area contributed by atoms with Crippen molar-refractivity contribution in [3.63, 3.8) is 0 Å². The molecule has 1 amide bonds. The Morgan fingerprint density at radius 3 is 2.81 bits per heavy atom. The Morgan fingerprint density at radius 2 is 2.05 bits per heavy atom. The lowest BCUT2D eigenvalue weighted by atomic mass is 10.2. The summed E-state index contributed by atoms with van der Waals surface area (Å²) in [5.41, 5.74) is 2.10. The lowest BCUT2D eigenvalue weighted by molar-refractivity contribution is 0.0950. The molecule has 0 unspecified atom stereocenters. The van der Waals surface area contributed by atoms with Gasteiger partial charge in [0, 0.05) is 18.0 Å². The topological polar surface area (TPSA) is 46.4 Å². The number of rotatable bonds is 3. The van der Waals surface area contributed by atoms with E-state index in [1.807, 2.05) is 35.0 Å². The van der Waals surface area contributed by atoms with Crippen LogP contribution in [0.1, 0.15) is 16.1 Å². The van der Waals surface area contributed by atoms with Crippen molar-refractivity contribution in [2.75, 3.05) is 0 Å². The first-order chi connectivity index (χ1) is 10.1. The van der Waals surface area contributed by atoms with Gasteiger partial charge in [-0.25, -0.2) is 4.98 Å². The predicted molar refractivity (Wildman–Crippen MR) is 82.8 cm³/mol. The van der Waals surface area contributed by atoms with Gasteiger partial charge in [0.25, 0.3) is 5.91 Å². The lowest BCUT2D eigenvalue weighted by Gasteiger charge is -2.04. The highest BCUT2D eigenvalue weighted by atomic mass is 35.5. The van der Waals surface area contributed by atoms with Crippen LogP contribution in [0, 0.1) is 0 Å². The monoisotopic (exact) mass is 319 g/mol. The fraction of sp³-hybridized carbons (Fsp3) is 0.0667. The largest absolute Gasteiger partial charge is 0.346 e. The van der Waals surface area contributed by atoms with Gasteiger partial charge in [-0.3, -0.25) is 4.79 Å². The maximum absolute atomic E-state index is 12.0. The summed E-state index contributed by atoms with van der Waals surface area (Å²) in [4.78, 5) is 16.5. The molecule has 4 nitrogen and oxygen atoms in total. The first kappa shape index (κ1) is 13.9. The molecule has 1 aromatic carbocycles. The standard InChI is InChI=1S/C15H11Cl2N3O/c16-12-5-4-10(7-13(12)17)15(21)18-8-11-9-20-6-2-1-3-14(20)19-11/h1-7,9H,8H2,(H,18,21). The second-order valence-electron chi connectivity index (χ2n) is 4.51. The summed E-state index contributed by atoms with van der Waals surface area (Å²) >= 11 is 11.7. The number of nitrogens with one attached hydrogen (secondary N) is 1. The Labute approximate surface area is 131 Å². The molecular formula is C15H11Cl2N3O. The van der Waals surface area contributed by atoms with Crippen molar-refractivity contribution < 1.29 is 4.79 Å². The van der Waals surface area contributed by atoms with E-state index in [1.54, 1.807) is 18.2 Å². The average molecular weight is 320 g/mol. The van der Waals surface area contributed by atoms with E-state index in [2.05, 4.69) is 10.3 Å². The molecule has 3 rings (SSSR count). The first-order valence-electron chi connectivity index (χ1n) is 6.29. The maximum atomic E-state index is 12.0. The van der Waals surface area contributed by atoms with Gasteiger partial charge in [0.15, 0.2) is 0 Å². The minimum Gasteiger partial charge on any atom is -0.346 e. The van der Waals surface area contributed by atoms with E-state index in [1.165, 1.54) is 0 Å². The Hall–Kier alpha value is -2.04. The Balaban J connectivity index is 1.71. The van der Waals surface area contributed by atoms with Crippen LogP contribution in [0.4, 0.5) is 0 Å². The third kappa shape index (κ3) is 3.01. The van der Waals surface area contributed by atoms with Gasteiger partial charge in [-0.1, -0.05) is 29.3 Å².